The van der Waals surface area contributed by atoms with E-state index in [4.69, 9.17) is 10.00 Å². The van der Waals surface area contributed by atoms with Gasteiger partial charge in [0.1, 0.15) is 0 Å². The summed E-state index contributed by atoms with van der Waals surface area (Å²) in [6, 6.07) is 13.3. The number of esters is 1. The summed E-state index contributed by atoms with van der Waals surface area (Å²) in [7, 11) is 0. The van der Waals surface area contributed by atoms with E-state index in [9.17, 15) is 9.59 Å². The number of aryl methyl sites for hydroxylation is 1. The van der Waals surface area contributed by atoms with Crippen LogP contribution in [0.2, 0.25) is 0 Å². The monoisotopic (exact) mass is 374 g/mol. The Hall–Kier alpha value is -2.30. The number of nitrogens with one attached hydrogen (secondary N) is 1. The van der Waals surface area contributed by atoms with E-state index in [-0.39, 0.29) is 12.6 Å². The second-order valence-corrected chi connectivity index (χ2v) is 7.13. The fraction of sp³-hybridized carbons (Fsp3) is 0.278. The van der Waals surface area contributed by atoms with Gasteiger partial charge >= 0.3 is 5.97 Å². The van der Waals surface area contributed by atoms with Crippen molar-refractivity contribution in [3.63, 3.8) is 0 Å². The minimum absolute atomic E-state index is 0.291. The van der Waals surface area contributed by atoms with Crippen molar-refractivity contribution in [3.05, 3.63) is 46.7 Å². The second kappa shape index (κ2) is 10.5. The number of carbonyl (C=O) groups excluding carboxylic acids is 2. The lowest BCUT2D eigenvalue weighted by Crippen LogP contribution is -2.21. The van der Waals surface area contributed by atoms with Crippen molar-refractivity contribution >= 4 is 40.7 Å². The lowest BCUT2D eigenvalue weighted by molar-refractivity contribution is -0.147. The number of nitrogens with zero attached hydrogens (tertiary/aromatic N) is 1. The van der Waals surface area contributed by atoms with Crippen LogP contribution in [0.15, 0.2) is 46.7 Å². The van der Waals surface area contributed by atoms with Crippen molar-refractivity contribution < 1.29 is 14.3 Å². The third-order valence-corrected chi connectivity index (χ3v) is 5.08. The third kappa shape index (κ3) is 6.99. The van der Waals surface area contributed by atoms with E-state index in [1.54, 1.807) is 23.5 Å². The van der Waals surface area contributed by atoms with Crippen LogP contribution < -0.4 is 5.32 Å². The molecule has 0 aliphatic rings. The smallest absolute Gasteiger partial charge is 0.306 e. The van der Waals surface area contributed by atoms with Gasteiger partial charge in [0.15, 0.2) is 6.61 Å². The SMILES string of the molecule is N#CCSc1ccccc1NC(=O)COC(=O)CCCc1cccs1. The molecule has 2 aromatic rings. The highest BCUT2D eigenvalue weighted by Gasteiger charge is 2.10. The van der Waals surface area contributed by atoms with Gasteiger partial charge in [-0.05, 0) is 36.4 Å². The summed E-state index contributed by atoms with van der Waals surface area (Å²) in [6.45, 7) is -0.310. The maximum absolute atomic E-state index is 11.9. The van der Waals surface area contributed by atoms with Gasteiger partial charge in [0.2, 0.25) is 0 Å². The lowest BCUT2D eigenvalue weighted by Gasteiger charge is -2.10. The van der Waals surface area contributed by atoms with Crippen molar-refractivity contribution in [1.82, 2.24) is 0 Å². The van der Waals surface area contributed by atoms with E-state index < -0.39 is 5.91 Å². The molecule has 1 aromatic carbocycles. The first-order valence-corrected chi connectivity index (χ1v) is 9.62. The number of para-hydroxylation sites is 1. The summed E-state index contributed by atoms with van der Waals surface area (Å²) in [6.07, 6.45) is 1.83. The third-order valence-electron chi connectivity index (χ3n) is 3.20. The molecule has 0 fully saturated rings. The Bertz CT molecular complexity index is 739. The highest BCUT2D eigenvalue weighted by Crippen LogP contribution is 2.26. The van der Waals surface area contributed by atoms with E-state index >= 15 is 0 Å². The molecule has 1 heterocycles. The Morgan fingerprint density at radius 1 is 1.24 bits per heavy atom. The summed E-state index contributed by atoms with van der Waals surface area (Å²) in [5.74, 6) is -0.470. The zero-order valence-corrected chi connectivity index (χ0v) is 15.2. The molecule has 25 heavy (non-hydrogen) atoms. The van der Waals surface area contributed by atoms with Gasteiger partial charge < -0.3 is 10.1 Å². The molecule has 0 bridgehead atoms. The molecule has 130 valence electrons. The van der Waals surface area contributed by atoms with Crippen LogP contribution in [0.5, 0.6) is 0 Å². The molecule has 1 N–H and O–H groups in total. The first-order valence-electron chi connectivity index (χ1n) is 7.75. The molecule has 7 heteroatoms. The van der Waals surface area contributed by atoms with E-state index in [2.05, 4.69) is 5.32 Å². The summed E-state index contributed by atoms with van der Waals surface area (Å²) in [5, 5.41) is 13.4. The van der Waals surface area contributed by atoms with Gasteiger partial charge in [-0.25, -0.2) is 0 Å². The number of benzene rings is 1. The van der Waals surface area contributed by atoms with Gasteiger partial charge in [0.05, 0.1) is 17.5 Å². The normalized spacial score (nSPS) is 10.0. The number of hydrogen-bond donors (Lipinski definition) is 1. The highest BCUT2D eigenvalue weighted by molar-refractivity contribution is 7.99. The van der Waals surface area contributed by atoms with Crippen LogP contribution >= 0.6 is 23.1 Å². The number of nitriles is 1. The van der Waals surface area contributed by atoms with Crippen molar-refractivity contribution in [2.75, 3.05) is 17.7 Å². The largest absolute Gasteiger partial charge is 0.456 e. The highest BCUT2D eigenvalue weighted by atomic mass is 32.2. The molecule has 1 amide bonds. The molecule has 0 aliphatic carbocycles. The first kappa shape index (κ1) is 19.0. The molecule has 0 saturated heterocycles. The van der Waals surface area contributed by atoms with Crippen molar-refractivity contribution in [2.24, 2.45) is 0 Å². The summed E-state index contributed by atoms with van der Waals surface area (Å²) in [4.78, 5) is 25.7. The Morgan fingerprint density at radius 2 is 2.08 bits per heavy atom. The van der Waals surface area contributed by atoms with Gasteiger partial charge in [-0.3, -0.25) is 9.59 Å². The van der Waals surface area contributed by atoms with Crippen molar-refractivity contribution in [2.45, 2.75) is 24.2 Å². The average molecular weight is 374 g/mol. The maximum atomic E-state index is 11.9. The number of thiophene rings is 1. The van der Waals surface area contributed by atoms with Crippen LogP contribution in [0.25, 0.3) is 0 Å². The summed E-state index contributed by atoms with van der Waals surface area (Å²) < 4.78 is 5.01. The molecule has 0 aliphatic heterocycles. The summed E-state index contributed by atoms with van der Waals surface area (Å²) >= 11 is 3.00. The molecule has 0 unspecified atom stereocenters. The van der Waals surface area contributed by atoms with Gasteiger partial charge in [0.25, 0.3) is 5.91 Å². The summed E-state index contributed by atoms with van der Waals surface area (Å²) in [5.41, 5.74) is 0.612. The average Bonchev–Trinajstić information content (AvgIpc) is 3.13. The quantitative estimate of drug-likeness (QED) is 0.532. The molecular formula is C18H18N2O3S2. The zero-order valence-electron chi connectivity index (χ0n) is 13.6. The number of carbonyl (C=O) groups is 2. The predicted octanol–water partition coefficient (Wildman–Crippen LogP) is 3.87. The van der Waals surface area contributed by atoms with E-state index in [0.717, 1.165) is 11.3 Å². The number of rotatable bonds is 9. The molecule has 0 radical (unpaired) electrons. The number of ether oxygens (including phenoxy) is 1. The van der Waals surface area contributed by atoms with Crippen LogP contribution in [-0.4, -0.2) is 24.2 Å². The minimum Gasteiger partial charge on any atom is -0.456 e. The molecular weight excluding hydrogens is 356 g/mol. The second-order valence-electron chi connectivity index (χ2n) is 5.08. The maximum Gasteiger partial charge on any atom is 0.306 e. The number of amides is 1. The number of anilines is 1. The zero-order chi connectivity index (χ0) is 17.9. The van der Waals surface area contributed by atoms with Gasteiger partial charge in [0, 0.05) is 16.2 Å². The van der Waals surface area contributed by atoms with Crippen LogP contribution in [0.4, 0.5) is 5.69 Å². The van der Waals surface area contributed by atoms with Crippen LogP contribution in [0.1, 0.15) is 17.7 Å². The Kier molecular flexibility index (Phi) is 8.02. The van der Waals surface area contributed by atoms with Crippen molar-refractivity contribution in [1.29, 1.82) is 5.26 Å². The lowest BCUT2D eigenvalue weighted by atomic mass is 10.2. The van der Waals surface area contributed by atoms with E-state index in [1.807, 2.05) is 35.7 Å². The molecule has 2 rings (SSSR count). The molecule has 5 nitrogen and oxygen atoms in total. The topological polar surface area (TPSA) is 79.2 Å². The molecule has 0 atom stereocenters. The fourth-order valence-electron chi connectivity index (χ4n) is 2.07. The van der Waals surface area contributed by atoms with Crippen LogP contribution in [0.3, 0.4) is 0 Å². The molecule has 0 spiro atoms. The Labute approximate surface area is 155 Å². The number of thioether (sulfide) groups is 1. The van der Waals surface area contributed by atoms with Crippen molar-refractivity contribution in [3.8, 4) is 6.07 Å². The predicted molar refractivity (Wildman–Crippen MR) is 99.6 cm³/mol. The fourth-order valence-corrected chi connectivity index (χ4v) is 3.49. The Morgan fingerprint density at radius 3 is 2.84 bits per heavy atom. The molecule has 1 aromatic heterocycles. The van der Waals surface area contributed by atoms with E-state index in [1.165, 1.54) is 16.6 Å². The van der Waals surface area contributed by atoms with Crippen LogP contribution in [-0.2, 0) is 20.7 Å². The van der Waals surface area contributed by atoms with Gasteiger partial charge in [-0.2, -0.15) is 5.26 Å². The van der Waals surface area contributed by atoms with Gasteiger partial charge in [-0.1, -0.05) is 18.2 Å². The molecule has 0 saturated carbocycles. The Balaban J connectivity index is 1.71. The first-order chi connectivity index (χ1) is 12.2. The van der Waals surface area contributed by atoms with E-state index in [0.29, 0.717) is 24.3 Å². The van der Waals surface area contributed by atoms with Crippen LogP contribution in [0, 0.1) is 11.3 Å². The minimum atomic E-state index is -0.392. The standard InChI is InChI=1S/C18H18N2O3S2/c19-10-12-25-16-8-2-1-7-15(16)20-17(21)13-23-18(22)9-3-5-14-6-4-11-24-14/h1-2,4,6-8,11H,3,5,9,12-13H2,(H,20,21). The number of hydrogen-bond acceptors (Lipinski definition) is 6. The van der Waals surface area contributed by atoms with Gasteiger partial charge in [-0.15, -0.1) is 23.1 Å².